The normalized spacial score (nSPS) is 33.7. The van der Waals surface area contributed by atoms with Gasteiger partial charge >= 0.3 is 0 Å². The van der Waals surface area contributed by atoms with Gasteiger partial charge < -0.3 is 5.32 Å². The van der Waals surface area contributed by atoms with E-state index in [1.807, 2.05) is 0 Å². The molecule has 1 saturated heterocycles. The molecule has 4 rings (SSSR count). The number of hydrazine groups is 1. The van der Waals surface area contributed by atoms with Gasteiger partial charge in [-0.25, -0.2) is 9.82 Å². The van der Waals surface area contributed by atoms with Gasteiger partial charge in [-0.15, -0.1) is 0 Å². The number of nitrogens with one attached hydrogen (secondary N) is 3. The van der Waals surface area contributed by atoms with Crippen LogP contribution in [0.3, 0.4) is 0 Å². The average Bonchev–Trinajstić information content (AvgIpc) is 2.85. The number of halogens is 2. The van der Waals surface area contributed by atoms with Crippen LogP contribution in [0.5, 0.6) is 0 Å². The molecule has 3 aliphatic rings. The second-order valence-corrected chi connectivity index (χ2v) is 8.66. The predicted octanol–water partition coefficient (Wildman–Crippen LogP) is 3.25. The van der Waals surface area contributed by atoms with Crippen LogP contribution < -0.4 is 16.2 Å². The molecule has 3 N–H and O–H groups in total. The summed E-state index contributed by atoms with van der Waals surface area (Å²) >= 11 is 6.40. The molecule has 0 spiro atoms. The van der Waals surface area contributed by atoms with Crippen molar-refractivity contribution in [1.82, 2.24) is 16.2 Å². The molecule has 2 aliphatic heterocycles. The van der Waals surface area contributed by atoms with Crippen LogP contribution in [-0.2, 0) is 4.79 Å². The first-order valence-corrected chi connectivity index (χ1v) is 9.13. The monoisotopic (exact) mass is 363 g/mol. The van der Waals surface area contributed by atoms with Gasteiger partial charge in [0.2, 0.25) is 0 Å². The number of allylic oxidation sites excluding steroid dienone is 2. The molecule has 1 aromatic rings. The van der Waals surface area contributed by atoms with Crippen LogP contribution in [0.1, 0.15) is 45.1 Å². The Labute approximate surface area is 152 Å². The van der Waals surface area contributed by atoms with Crippen molar-refractivity contribution in [1.29, 1.82) is 0 Å². The van der Waals surface area contributed by atoms with E-state index in [9.17, 15) is 9.18 Å². The number of carbonyl (C=O) groups is 1. The molecule has 0 bridgehead atoms. The first kappa shape index (κ1) is 17.0. The molecule has 0 amide bonds. The number of Topliss-reactive ketones (excluding diaryl/α,β-unsaturated/α-hetero) is 1. The Hall–Kier alpha value is -1.43. The molecule has 4 unspecified atom stereocenters. The van der Waals surface area contributed by atoms with Crippen molar-refractivity contribution in [3.8, 4) is 0 Å². The lowest BCUT2D eigenvalue weighted by atomic mass is 9.65. The van der Waals surface area contributed by atoms with Gasteiger partial charge in [0.05, 0.1) is 6.17 Å². The first-order valence-electron chi connectivity index (χ1n) is 8.76. The van der Waals surface area contributed by atoms with Crippen molar-refractivity contribution >= 4 is 17.4 Å². The molecule has 4 atom stereocenters. The molecule has 0 radical (unpaired) electrons. The van der Waals surface area contributed by atoms with Crippen molar-refractivity contribution in [3.63, 3.8) is 0 Å². The zero-order valence-electron chi connectivity index (χ0n) is 14.6. The standard InChI is InChI=1S/C19H23ClFN3O/c1-9-15-16(11-5-4-10(21)6-12(11)20)17-13(22-18(15)24-23-9)7-19(2,3)8-14(17)25/h4-6,9,15-16,18,22-24H,7-8H2,1-3H3. The highest BCUT2D eigenvalue weighted by molar-refractivity contribution is 6.31. The summed E-state index contributed by atoms with van der Waals surface area (Å²) in [6, 6.07) is 4.65. The number of rotatable bonds is 1. The van der Waals surface area contributed by atoms with Gasteiger partial charge in [-0.1, -0.05) is 31.5 Å². The highest BCUT2D eigenvalue weighted by atomic mass is 35.5. The summed E-state index contributed by atoms with van der Waals surface area (Å²) in [6.45, 7) is 6.32. The van der Waals surface area contributed by atoms with Gasteiger partial charge in [-0.2, -0.15) is 0 Å². The lowest BCUT2D eigenvalue weighted by Crippen LogP contribution is -2.52. The SMILES string of the molecule is CC1NNC2NC3=C(C(=O)CC(C)(C)C3)C(c3ccc(F)cc3Cl)C12. The second-order valence-electron chi connectivity index (χ2n) is 8.25. The minimum absolute atomic E-state index is 0.0153. The summed E-state index contributed by atoms with van der Waals surface area (Å²) in [5.41, 5.74) is 9.15. The maximum absolute atomic E-state index is 13.6. The van der Waals surface area contributed by atoms with Crippen molar-refractivity contribution in [2.75, 3.05) is 0 Å². The maximum Gasteiger partial charge on any atom is 0.161 e. The molecule has 2 heterocycles. The molecule has 4 nitrogen and oxygen atoms in total. The Kier molecular flexibility index (Phi) is 3.94. The third-order valence-corrected chi connectivity index (χ3v) is 6.00. The number of ketones is 1. The van der Waals surface area contributed by atoms with Crippen molar-refractivity contribution in [3.05, 3.63) is 45.9 Å². The fourth-order valence-corrected chi connectivity index (χ4v) is 4.92. The van der Waals surface area contributed by atoms with Gasteiger partial charge in [-0.05, 0) is 36.5 Å². The van der Waals surface area contributed by atoms with Gasteiger partial charge in [0.25, 0.3) is 0 Å². The Bertz CT molecular complexity index is 776. The van der Waals surface area contributed by atoms with E-state index in [0.29, 0.717) is 11.4 Å². The molecular weight excluding hydrogens is 341 g/mol. The summed E-state index contributed by atoms with van der Waals surface area (Å²) in [5, 5.41) is 3.92. The zero-order valence-corrected chi connectivity index (χ0v) is 15.4. The van der Waals surface area contributed by atoms with Gasteiger partial charge in [0.15, 0.2) is 5.78 Å². The molecule has 25 heavy (non-hydrogen) atoms. The molecule has 1 aliphatic carbocycles. The van der Waals surface area contributed by atoms with Crippen LogP contribution >= 0.6 is 11.6 Å². The van der Waals surface area contributed by atoms with Gasteiger partial charge in [0.1, 0.15) is 5.82 Å². The quantitative estimate of drug-likeness (QED) is 0.717. The van der Waals surface area contributed by atoms with Crippen molar-refractivity contribution < 1.29 is 9.18 Å². The van der Waals surface area contributed by atoms with Gasteiger partial charge in [0, 0.05) is 40.6 Å². The molecular formula is C19H23ClFN3O. The third kappa shape index (κ3) is 2.78. The Morgan fingerprint density at radius 3 is 2.72 bits per heavy atom. The van der Waals surface area contributed by atoms with E-state index in [-0.39, 0.29) is 41.1 Å². The highest BCUT2D eigenvalue weighted by Crippen LogP contribution is 2.49. The first-order chi connectivity index (χ1) is 11.8. The Balaban J connectivity index is 1.88. The zero-order chi connectivity index (χ0) is 17.9. The summed E-state index contributed by atoms with van der Waals surface area (Å²) in [7, 11) is 0. The highest BCUT2D eigenvalue weighted by Gasteiger charge is 2.50. The number of benzene rings is 1. The largest absolute Gasteiger partial charge is 0.371 e. The van der Waals surface area contributed by atoms with E-state index in [4.69, 9.17) is 11.6 Å². The average molecular weight is 364 g/mol. The van der Waals surface area contributed by atoms with Crippen LogP contribution in [-0.4, -0.2) is 18.0 Å². The minimum Gasteiger partial charge on any atom is -0.371 e. The van der Waals surface area contributed by atoms with E-state index in [1.165, 1.54) is 12.1 Å². The minimum atomic E-state index is -0.361. The fraction of sp³-hybridized carbons (Fsp3) is 0.526. The fourth-order valence-electron chi connectivity index (χ4n) is 4.64. The topological polar surface area (TPSA) is 53.2 Å². The van der Waals surface area contributed by atoms with E-state index >= 15 is 0 Å². The lowest BCUT2D eigenvalue weighted by molar-refractivity contribution is -0.118. The smallest absolute Gasteiger partial charge is 0.161 e. The Morgan fingerprint density at radius 2 is 2.00 bits per heavy atom. The summed E-state index contributed by atoms with van der Waals surface area (Å²) in [5.74, 6) is -0.218. The second kappa shape index (κ2) is 5.79. The number of fused-ring (bicyclic) bond motifs is 1. The lowest BCUT2D eigenvalue weighted by Gasteiger charge is -2.44. The van der Waals surface area contributed by atoms with Crippen molar-refractivity contribution in [2.24, 2.45) is 11.3 Å². The number of carbonyl (C=O) groups excluding carboxylic acids is 1. The number of hydrogen-bond acceptors (Lipinski definition) is 4. The van der Waals surface area contributed by atoms with Gasteiger partial charge in [-0.3, -0.25) is 10.2 Å². The van der Waals surface area contributed by atoms with Crippen LogP contribution in [0.25, 0.3) is 0 Å². The summed E-state index contributed by atoms with van der Waals surface area (Å²) < 4.78 is 13.6. The van der Waals surface area contributed by atoms with Crippen molar-refractivity contribution in [2.45, 2.75) is 51.7 Å². The van der Waals surface area contributed by atoms with E-state index < -0.39 is 0 Å². The molecule has 6 heteroatoms. The van der Waals surface area contributed by atoms with E-state index in [1.54, 1.807) is 6.07 Å². The summed E-state index contributed by atoms with van der Waals surface area (Å²) in [6.07, 6.45) is 1.36. The molecule has 0 saturated carbocycles. The van der Waals surface area contributed by atoms with Crippen LogP contribution in [0.4, 0.5) is 4.39 Å². The Morgan fingerprint density at radius 1 is 1.24 bits per heavy atom. The third-order valence-electron chi connectivity index (χ3n) is 5.67. The van der Waals surface area contributed by atoms with E-state index in [2.05, 4.69) is 36.9 Å². The van der Waals surface area contributed by atoms with Crippen LogP contribution in [0.2, 0.25) is 5.02 Å². The van der Waals surface area contributed by atoms with E-state index in [0.717, 1.165) is 23.3 Å². The van der Waals surface area contributed by atoms with Crippen LogP contribution in [0.15, 0.2) is 29.5 Å². The molecule has 0 aromatic heterocycles. The maximum atomic E-state index is 13.6. The molecule has 1 aromatic carbocycles. The predicted molar refractivity (Wildman–Crippen MR) is 95.3 cm³/mol. The molecule has 134 valence electrons. The number of hydrogen-bond donors (Lipinski definition) is 3. The summed E-state index contributed by atoms with van der Waals surface area (Å²) in [4.78, 5) is 13.0. The van der Waals surface area contributed by atoms with Crippen LogP contribution in [0, 0.1) is 17.2 Å². The molecule has 1 fully saturated rings.